The zero-order valence-electron chi connectivity index (χ0n) is 8.84. The fourth-order valence-corrected chi connectivity index (χ4v) is 2.26. The first-order chi connectivity index (χ1) is 8.16. The summed E-state index contributed by atoms with van der Waals surface area (Å²) in [6, 6.07) is 9.01. The topological polar surface area (TPSA) is 17.1 Å². The number of benzene rings is 2. The molecule has 0 fully saturated rings. The molecule has 0 saturated carbocycles. The van der Waals surface area contributed by atoms with E-state index in [9.17, 15) is 13.6 Å². The predicted octanol–water partition coefficient (Wildman–Crippen LogP) is 3.10. The van der Waals surface area contributed by atoms with Crippen LogP contribution in [0.5, 0.6) is 0 Å². The summed E-state index contributed by atoms with van der Waals surface area (Å²) in [6.45, 7) is 0. The highest BCUT2D eigenvalue weighted by Crippen LogP contribution is 2.29. The van der Waals surface area contributed by atoms with Crippen LogP contribution in [0.15, 0.2) is 36.4 Å². The largest absolute Gasteiger partial charge is 0.288 e. The van der Waals surface area contributed by atoms with Gasteiger partial charge >= 0.3 is 0 Å². The van der Waals surface area contributed by atoms with Gasteiger partial charge in [0.2, 0.25) is 0 Å². The molecule has 1 aliphatic rings. The molecule has 0 heterocycles. The van der Waals surface area contributed by atoms with E-state index in [1.807, 2.05) is 6.07 Å². The maximum atomic E-state index is 13.6. The molecule has 0 bridgehead atoms. The molecular formula is C14H8F2O. The molecule has 2 aromatic carbocycles. The molecule has 3 heteroatoms. The third-order valence-corrected chi connectivity index (χ3v) is 3.01. The van der Waals surface area contributed by atoms with Gasteiger partial charge in [-0.15, -0.1) is 0 Å². The van der Waals surface area contributed by atoms with Gasteiger partial charge in [0.15, 0.2) is 5.78 Å². The fourth-order valence-electron chi connectivity index (χ4n) is 2.26. The molecule has 0 unspecified atom stereocenters. The molecular weight excluding hydrogens is 222 g/mol. The molecule has 1 nitrogen and oxygen atoms in total. The van der Waals surface area contributed by atoms with E-state index in [4.69, 9.17) is 0 Å². The summed E-state index contributed by atoms with van der Waals surface area (Å²) in [4.78, 5) is 12.1. The Balaban J connectivity index is 2.27. The minimum absolute atomic E-state index is 0.00472. The first-order valence-electron chi connectivity index (χ1n) is 5.27. The minimum Gasteiger partial charge on any atom is -0.288 e. The van der Waals surface area contributed by atoms with Crippen LogP contribution in [0.1, 0.15) is 27.0 Å². The van der Waals surface area contributed by atoms with Crippen molar-refractivity contribution in [1.82, 2.24) is 0 Å². The van der Waals surface area contributed by atoms with Crippen LogP contribution in [0, 0.1) is 11.6 Å². The summed E-state index contributed by atoms with van der Waals surface area (Å²) < 4.78 is 26.7. The number of fused-ring (bicyclic) bond motifs is 2. The van der Waals surface area contributed by atoms with Crippen molar-refractivity contribution >= 4 is 5.78 Å². The van der Waals surface area contributed by atoms with Crippen molar-refractivity contribution in [2.75, 3.05) is 0 Å². The van der Waals surface area contributed by atoms with Crippen molar-refractivity contribution in [2.24, 2.45) is 0 Å². The molecule has 17 heavy (non-hydrogen) atoms. The summed E-state index contributed by atoms with van der Waals surface area (Å²) >= 11 is 0. The van der Waals surface area contributed by atoms with E-state index >= 15 is 0 Å². The van der Waals surface area contributed by atoms with Crippen molar-refractivity contribution in [3.8, 4) is 0 Å². The second kappa shape index (κ2) is 3.48. The van der Waals surface area contributed by atoms with Gasteiger partial charge in [0.1, 0.15) is 11.6 Å². The first-order valence-corrected chi connectivity index (χ1v) is 5.27. The molecule has 0 aromatic heterocycles. The third kappa shape index (κ3) is 1.46. The van der Waals surface area contributed by atoms with Crippen molar-refractivity contribution in [2.45, 2.75) is 6.42 Å². The number of ketones is 1. The highest BCUT2D eigenvalue weighted by atomic mass is 19.1. The molecule has 2 aromatic rings. The Morgan fingerprint density at radius 2 is 1.76 bits per heavy atom. The second-order valence-electron chi connectivity index (χ2n) is 4.08. The van der Waals surface area contributed by atoms with E-state index < -0.39 is 11.6 Å². The van der Waals surface area contributed by atoms with Gasteiger partial charge in [-0.05, 0) is 23.6 Å². The molecule has 0 amide bonds. The highest BCUT2D eigenvalue weighted by Gasteiger charge is 2.26. The monoisotopic (exact) mass is 230 g/mol. The van der Waals surface area contributed by atoms with E-state index in [1.54, 1.807) is 18.2 Å². The van der Waals surface area contributed by atoms with Crippen LogP contribution < -0.4 is 0 Å². The normalized spacial score (nSPS) is 13.2. The zero-order valence-corrected chi connectivity index (χ0v) is 8.84. The Kier molecular flexibility index (Phi) is 2.08. The molecule has 0 spiro atoms. The summed E-state index contributed by atoms with van der Waals surface area (Å²) in [5, 5.41) is 0. The van der Waals surface area contributed by atoms with Crippen LogP contribution in [0.25, 0.3) is 0 Å². The molecule has 0 radical (unpaired) electrons. The van der Waals surface area contributed by atoms with Gasteiger partial charge in [-0.25, -0.2) is 8.78 Å². The predicted molar refractivity (Wildman–Crippen MR) is 59.0 cm³/mol. The van der Waals surface area contributed by atoms with E-state index in [1.165, 1.54) is 6.07 Å². The Labute approximate surface area is 96.7 Å². The lowest BCUT2D eigenvalue weighted by Gasteiger charge is -2.18. The van der Waals surface area contributed by atoms with Crippen LogP contribution in [0.2, 0.25) is 0 Å². The van der Waals surface area contributed by atoms with Crippen molar-refractivity contribution in [3.05, 3.63) is 70.3 Å². The van der Waals surface area contributed by atoms with E-state index in [2.05, 4.69) is 0 Å². The van der Waals surface area contributed by atoms with Gasteiger partial charge in [0.05, 0.1) is 5.56 Å². The maximum absolute atomic E-state index is 13.6. The average Bonchev–Trinajstić information content (AvgIpc) is 2.28. The van der Waals surface area contributed by atoms with Crippen LogP contribution in [0.3, 0.4) is 0 Å². The molecule has 0 saturated heterocycles. The number of hydrogen-bond donors (Lipinski definition) is 0. The van der Waals surface area contributed by atoms with Crippen LogP contribution in [-0.2, 0) is 6.42 Å². The Morgan fingerprint density at radius 1 is 1.00 bits per heavy atom. The Morgan fingerprint density at radius 3 is 2.59 bits per heavy atom. The lowest BCUT2D eigenvalue weighted by atomic mass is 9.85. The van der Waals surface area contributed by atoms with Gasteiger partial charge in [0, 0.05) is 11.6 Å². The van der Waals surface area contributed by atoms with Crippen LogP contribution in [0.4, 0.5) is 8.78 Å². The molecule has 3 rings (SSSR count). The van der Waals surface area contributed by atoms with Crippen LogP contribution in [-0.4, -0.2) is 5.78 Å². The highest BCUT2D eigenvalue weighted by molar-refractivity contribution is 6.12. The van der Waals surface area contributed by atoms with E-state index in [0.717, 1.165) is 11.6 Å². The van der Waals surface area contributed by atoms with E-state index in [0.29, 0.717) is 17.5 Å². The number of hydrogen-bond acceptors (Lipinski definition) is 1. The van der Waals surface area contributed by atoms with Gasteiger partial charge in [-0.1, -0.05) is 24.3 Å². The lowest BCUT2D eigenvalue weighted by molar-refractivity contribution is 0.103. The lowest BCUT2D eigenvalue weighted by Crippen LogP contribution is -2.17. The van der Waals surface area contributed by atoms with Crippen molar-refractivity contribution < 1.29 is 13.6 Å². The van der Waals surface area contributed by atoms with Gasteiger partial charge < -0.3 is 0 Å². The zero-order chi connectivity index (χ0) is 12.0. The quantitative estimate of drug-likeness (QED) is 0.580. The first kappa shape index (κ1) is 10.1. The van der Waals surface area contributed by atoms with Crippen molar-refractivity contribution in [1.29, 1.82) is 0 Å². The molecule has 84 valence electrons. The minimum atomic E-state index is -0.778. The number of carbonyl (C=O) groups excluding carboxylic acids is 1. The Bertz CT molecular complexity index is 632. The molecule has 1 aliphatic carbocycles. The molecule has 0 N–H and O–H groups in total. The summed E-state index contributed by atoms with van der Waals surface area (Å²) in [6.07, 6.45) is 0.395. The van der Waals surface area contributed by atoms with Gasteiger partial charge in [0.25, 0.3) is 0 Å². The van der Waals surface area contributed by atoms with Gasteiger partial charge in [-0.2, -0.15) is 0 Å². The number of halogens is 2. The SMILES string of the molecule is O=C1c2ccccc2Cc2cc(F)cc(F)c21. The van der Waals surface area contributed by atoms with Gasteiger partial charge in [-0.3, -0.25) is 4.79 Å². The number of rotatable bonds is 0. The smallest absolute Gasteiger partial charge is 0.196 e. The second-order valence-corrected chi connectivity index (χ2v) is 4.08. The summed E-state index contributed by atoms with van der Waals surface area (Å²) in [5.74, 6) is -1.78. The maximum Gasteiger partial charge on any atom is 0.196 e. The van der Waals surface area contributed by atoms with E-state index in [-0.39, 0.29) is 11.3 Å². The molecule has 0 aliphatic heterocycles. The average molecular weight is 230 g/mol. The Hall–Kier alpha value is -2.03. The van der Waals surface area contributed by atoms with Crippen LogP contribution >= 0.6 is 0 Å². The standard InChI is InChI=1S/C14H8F2O/c15-10-6-9-5-8-3-1-2-4-11(8)14(17)13(9)12(16)7-10/h1-4,6-7H,5H2. The fraction of sp³-hybridized carbons (Fsp3) is 0.0714. The summed E-state index contributed by atoms with van der Waals surface area (Å²) in [7, 11) is 0. The summed E-state index contributed by atoms with van der Waals surface area (Å²) in [5.41, 5.74) is 1.75. The van der Waals surface area contributed by atoms with Crippen molar-refractivity contribution in [3.63, 3.8) is 0 Å². The third-order valence-electron chi connectivity index (χ3n) is 3.01. The number of carbonyl (C=O) groups is 1. The molecule has 0 atom stereocenters.